The highest BCUT2D eigenvalue weighted by molar-refractivity contribution is 6.09. The number of rotatable bonds is 4. The van der Waals surface area contributed by atoms with Gasteiger partial charge in [-0.05, 0) is 95.4 Å². The van der Waals surface area contributed by atoms with Gasteiger partial charge in [0.05, 0.1) is 40.3 Å². The van der Waals surface area contributed by atoms with Crippen LogP contribution in [0.5, 0.6) is 0 Å². The van der Waals surface area contributed by atoms with E-state index in [0.717, 1.165) is 80.1 Å². The molecule has 0 saturated carbocycles. The molecule has 0 amide bonds. The van der Waals surface area contributed by atoms with Crippen LogP contribution in [0, 0.1) is 0 Å². The van der Waals surface area contributed by atoms with Gasteiger partial charge in [0.15, 0.2) is 0 Å². The largest absolute Gasteiger partial charge is 0.355 e. The van der Waals surface area contributed by atoms with Crippen LogP contribution in [0.3, 0.4) is 0 Å². The van der Waals surface area contributed by atoms with Crippen LogP contribution in [-0.4, -0.2) is 32.8 Å². The maximum absolute atomic E-state index is 5.48. The summed E-state index contributed by atoms with van der Waals surface area (Å²) in [7, 11) is 4.25. The van der Waals surface area contributed by atoms with Crippen molar-refractivity contribution in [3.05, 3.63) is 157 Å². The van der Waals surface area contributed by atoms with Gasteiger partial charge in [0.1, 0.15) is 11.5 Å². The summed E-state index contributed by atoms with van der Waals surface area (Å²) in [5, 5.41) is 2.29. The summed E-state index contributed by atoms with van der Waals surface area (Å²) in [5.41, 5.74) is 17.4. The van der Waals surface area contributed by atoms with E-state index in [4.69, 9.17) is 9.97 Å². The van der Waals surface area contributed by atoms with Crippen LogP contribution in [0.2, 0.25) is 0 Å². The van der Waals surface area contributed by atoms with Crippen molar-refractivity contribution in [3.8, 4) is 39.5 Å². The second-order valence-corrected chi connectivity index (χ2v) is 14.1. The third-order valence-electron chi connectivity index (χ3n) is 11.1. The number of para-hydroxylation sites is 4. The third-order valence-corrected chi connectivity index (χ3v) is 11.1. The molecule has 248 valence electrons. The minimum absolute atomic E-state index is 0.789. The van der Waals surface area contributed by atoms with Crippen molar-refractivity contribution in [1.29, 1.82) is 0 Å². The molecule has 0 unspecified atom stereocenters. The average Bonchev–Trinajstić information content (AvgIpc) is 3.93. The number of anilines is 3. The monoisotopic (exact) mass is 670 g/mol. The van der Waals surface area contributed by atoms with E-state index in [1.807, 2.05) is 6.07 Å². The summed E-state index contributed by atoms with van der Waals surface area (Å²) < 4.78 is 4.53. The predicted octanol–water partition coefficient (Wildman–Crippen LogP) is 10.5. The molecular formula is C46H34N6. The lowest BCUT2D eigenvalue weighted by Gasteiger charge is -2.21. The number of hydrogen-bond acceptors (Lipinski definition) is 4. The Balaban J connectivity index is 1.11. The number of aryl methyl sites for hydroxylation is 1. The SMILES string of the molecule is CN1CN(c2cccc(-n3c4cc(-c5nc6ccccc6n5C)ccc4c4ccc(-c5ccc6c(c5)Cc5ccccc5-6)nc43)c2)c2ccccc21. The number of pyridine rings is 1. The zero-order valence-electron chi connectivity index (χ0n) is 29.0. The lowest BCUT2D eigenvalue weighted by Crippen LogP contribution is -2.24. The fourth-order valence-corrected chi connectivity index (χ4v) is 8.56. The van der Waals surface area contributed by atoms with Crippen LogP contribution in [0.15, 0.2) is 146 Å². The molecule has 0 atom stereocenters. The first kappa shape index (κ1) is 29.1. The van der Waals surface area contributed by atoms with Gasteiger partial charge >= 0.3 is 0 Å². The van der Waals surface area contributed by atoms with Gasteiger partial charge in [-0.3, -0.25) is 4.57 Å². The van der Waals surface area contributed by atoms with Crippen molar-refractivity contribution >= 4 is 50.0 Å². The van der Waals surface area contributed by atoms with Gasteiger partial charge in [0.2, 0.25) is 0 Å². The molecule has 1 aliphatic heterocycles. The van der Waals surface area contributed by atoms with Crippen molar-refractivity contribution in [1.82, 2.24) is 19.1 Å². The molecular weight excluding hydrogens is 637 g/mol. The standard InChI is InChI=1S/C46H34N6/c1-49-28-51(43-17-8-7-16-42(43)49)33-11-9-12-34(27-33)52-44-26-31(45-48-40-14-5-6-15-41(40)50(45)2)19-21-37(44)38-22-23-39(47-46(38)52)30-18-20-36-32(25-30)24-29-10-3-4-13-35(29)36/h3-23,25-27H,24,28H2,1-2H3. The van der Waals surface area contributed by atoms with Gasteiger partial charge in [-0.25, -0.2) is 9.97 Å². The van der Waals surface area contributed by atoms with Crippen LogP contribution in [-0.2, 0) is 13.5 Å². The number of aromatic nitrogens is 4. The number of benzene rings is 6. The van der Waals surface area contributed by atoms with Gasteiger partial charge < -0.3 is 14.4 Å². The highest BCUT2D eigenvalue weighted by Crippen LogP contribution is 2.42. The van der Waals surface area contributed by atoms with Gasteiger partial charge in [-0.2, -0.15) is 0 Å². The first-order chi connectivity index (χ1) is 25.6. The maximum Gasteiger partial charge on any atom is 0.146 e. The molecule has 0 fully saturated rings. The smallest absolute Gasteiger partial charge is 0.146 e. The molecule has 2 aliphatic rings. The Morgan fingerprint density at radius 1 is 0.538 bits per heavy atom. The van der Waals surface area contributed by atoms with E-state index in [1.54, 1.807) is 0 Å². The first-order valence-corrected chi connectivity index (χ1v) is 17.9. The minimum atomic E-state index is 0.789. The lowest BCUT2D eigenvalue weighted by molar-refractivity contribution is 0.948. The molecule has 9 aromatic rings. The number of nitrogens with zero attached hydrogens (tertiary/aromatic N) is 6. The number of imidazole rings is 1. The summed E-state index contributed by atoms with van der Waals surface area (Å²) >= 11 is 0. The molecule has 6 heteroatoms. The Morgan fingerprint density at radius 2 is 1.31 bits per heavy atom. The zero-order chi connectivity index (χ0) is 34.5. The first-order valence-electron chi connectivity index (χ1n) is 17.9. The average molecular weight is 671 g/mol. The minimum Gasteiger partial charge on any atom is -0.355 e. The van der Waals surface area contributed by atoms with Crippen molar-refractivity contribution in [3.63, 3.8) is 0 Å². The van der Waals surface area contributed by atoms with Crippen LogP contribution in [0.4, 0.5) is 17.1 Å². The van der Waals surface area contributed by atoms with E-state index in [1.165, 1.54) is 33.6 Å². The Morgan fingerprint density at radius 3 is 2.23 bits per heavy atom. The predicted molar refractivity (Wildman–Crippen MR) is 214 cm³/mol. The zero-order valence-corrected chi connectivity index (χ0v) is 29.0. The Labute approximate surface area is 301 Å². The molecule has 6 nitrogen and oxygen atoms in total. The van der Waals surface area contributed by atoms with Gasteiger partial charge in [-0.15, -0.1) is 0 Å². The van der Waals surface area contributed by atoms with E-state index in [-0.39, 0.29) is 0 Å². The number of hydrogen-bond donors (Lipinski definition) is 0. The Bertz CT molecular complexity index is 2910. The lowest BCUT2D eigenvalue weighted by atomic mass is 10.0. The molecule has 6 aromatic carbocycles. The molecule has 0 radical (unpaired) electrons. The van der Waals surface area contributed by atoms with Gasteiger partial charge in [0.25, 0.3) is 0 Å². The second kappa shape index (κ2) is 10.9. The maximum atomic E-state index is 5.48. The fourth-order valence-electron chi connectivity index (χ4n) is 8.56. The van der Waals surface area contributed by atoms with E-state index in [2.05, 4.69) is 173 Å². The van der Waals surface area contributed by atoms with Crippen LogP contribution >= 0.6 is 0 Å². The molecule has 52 heavy (non-hydrogen) atoms. The van der Waals surface area contributed by atoms with E-state index in [0.29, 0.717) is 0 Å². The fraction of sp³-hybridized carbons (Fsp3) is 0.0870. The topological polar surface area (TPSA) is 42.1 Å². The third kappa shape index (κ3) is 4.24. The molecule has 0 bridgehead atoms. The summed E-state index contributed by atoms with van der Waals surface area (Å²) in [6.07, 6.45) is 0.953. The normalized spacial score (nSPS) is 13.3. The van der Waals surface area contributed by atoms with Crippen molar-refractivity contribution in [2.75, 3.05) is 23.5 Å². The molecule has 4 heterocycles. The van der Waals surface area contributed by atoms with Crippen molar-refractivity contribution < 1.29 is 0 Å². The highest BCUT2D eigenvalue weighted by Gasteiger charge is 2.25. The van der Waals surface area contributed by atoms with Crippen LogP contribution in [0.25, 0.3) is 72.4 Å². The summed E-state index contributed by atoms with van der Waals surface area (Å²) in [6.45, 7) is 0.789. The van der Waals surface area contributed by atoms with Crippen molar-refractivity contribution in [2.24, 2.45) is 7.05 Å². The summed E-state index contributed by atoms with van der Waals surface area (Å²) in [5.74, 6) is 0.943. The molecule has 0 N–H and O–H groups in total. The Hall–Kier alpha value is -6.66. The summed E-state index contributed by atoms with van der Waals surface area (Å²) in [6, 6.07) is 52.6. The molecule has 3 aromatic heterocycles. The van der Waals surface area contributed by atoms with E-state index in [9.17, 15) is 0 Å². The summed E-state index contributed by atoms with van der Waals surface area (Å²) in [4.78, 5) is 15.2. The van der Waals surface area contributed by atoms with E-state index < -0.39 is 0 Å². The quantitative estimate of drug-likeness (QED) is 0.187. The van der Waals surface area contributed by atoms with E-state index >= 15 is 0 Å². The molecule has 11 rings (SSSR count). The Kier molecular flexibility index (Phi) is 6.11. The molecule has 1 aliphatic carbocycles. The highest BCUT2D eigenvalue weighted by atomic mass is 15.4. The van der Waals surface area contributed by atoms with Gasteiger partial charge in [0, 0.05) is 47.4 Å². The number of fused-ring (bicyclic) bond motifs is 8. The van der Waals surface area contributed by atoms with Crippen LogP contribution < -0.4 is 9.80 Å². The second-order valence-electron chi connectivity index (χ2n) is 14.1. The van der Waals surface area contributed by atoms with Gasteiger partial charge in [-0.1, -0.05) is 78.9 Å². The molecule has 0 spiro atoms. The van der Waals surface area contributed by atoms with Crippen LogP contribution in [0.1, 0.15) is 11.1 Å². The van der Waals surface area contributed by atoms with Crippen molar-refractivity contribution in [2.45, 2.75) is 6.42 Å². The molecule has 0 saturated heterocycles.